The number of carboxylic acid groups (broad SMARTS) is 1. The van der Waals surface area contributed by atoms with Crippen molar-refractivity contribution in [2.45, 2.75) is 30.6 Å². The maximum absolute atomic E-state index is 10.6. The molecular weight excluding hydrogens is 248 g/mol. The molecule has 0 amide bonds. The Balaban J connectivity index is 1.97. The van der Waals surface area contributed by atoms with Crippen molar-refractivity contribution >= 4 is 28.7 Å². The predicted molar refractivity (Wildman–Crippen MR) is 71.2 cm³/mol. The third kappa shape index (κ3) is 2.12. The number of carbonyl (C=O) groups is 1. The summed E-state index contributed by atoms with van der Waals surface area (Å²) in [6.07, 6.45) is 4.53. The second kappa shape index (κ2) is 4.69. The van der Waals surface area contributed by atoms with Gasteiger partial charge in [0.05, 0.1) is 5.75 Å². The average Bonchev–Trinajstić information content (AvgIpc) is 2.74. The molecule has 94 valence electrons. The van der Waals surface area contributed by atoms with Crippen molar-refractivity contribution in [1.29, 1.82) is 0 Å². The quantitative estimate of drug-likeness (QED) is 0.860. The molecule has 0 saturated carbocycles. The van der Waals surface area contributed by atoms with Gasteiger partial charge in [-0.1, -0.05) is 0 Å². The number of hydrogen-bond acceptors (Lipinski definition) is 3. The summed E-state index contributed by atoms with van der Waals surface area (Å²) in [5.74, 6) is 0.442. The summed E-state index contributed by atoms with van der Waals surface area (Å²) in [6.45, 7) is 0. The zero-order chi connectivity index (χ0) is 12.5. The van der Waals surface area contributed by atoms with Gasteiger partial charge in [-0.2, -0.15) is 0 Å². The van der Waals surface area contributed by atoms with Crippen LogP contribution in [0.5, 0.6) is 0 Å². The van der Waals surface area contributed by atoms with E-state index in [0.717, 1.165) is 29.1 Å². The fraction of sp³-hybridized carbons (Fsp3) is 0.357. The van der Waals surface area contributed by atoms with Crippen molar-refractivity contribution in [3.8, 4) is 0 Å². The van der Waals surface area contributed by atoms with Gasteiger partial charge in [-0.25, -0.2) is 0 Å². The molecule has 0 spiro atoms. The number of carboxylic acids is 1. The van der Waals surface area contributed by atoms with Gasteiger partial charge in [-0.15, -0.1) is 11.8 Å². The molecule has 0 atom stereocenters. The monoisotopic (exact) mass is 262 g/mol. The molecule has 0 aliphatic heterocycles. The third-order valence-electron chi connectivity index (χ3n) is 3.29. The summed E-state index contributed by atoms with van der Waals surface area (Å²) in [7, 11) is 0. The Morgan fingerprint density at radius 3 is 3.00 bits per heavy atom. The minimum Gasteiger partial charge on any atom is -0.481 e. The lowest BCUT2D eigenvalue weighted by Gasteiger charge is -2.08. The fourth-order valence-electron chi connectivity index (χ4n) is 2.48. The number of fused-ring (bicyclic) bond motifs is 3. The van der Waals surface area contributed by atoms with E-state index in [2.05, 4.69) is 6.07 Å². The summed E-state index contributed by atoms with van der Waals surface area (Å²) in [5, 5.41) is 9.87. The zero-order valence-corrected chi connectivity index (χ0v) is 10.8. The largest absolute Gasteiger partial charge is 0.481 e. The Kier molecular flexibility index (Phi) is 3.04. The first-order valence-electron chi connectivity index (χ1n) is 6.13. The van der Waals surface area contributed by atoms with Gasteiger partial charge < -0.3 is 9.52 Å². The molecule has 1 aromatic carbocycles. The lowest BCUT2D eigenvalue weighted by molar-refractivity contribution is -0.133. The molecule has 4 heteroatoms. The number of furan rings is 1. The molecule has 1 aliphatic rings. The van der Waals surface area contributed by atoms with E-state index in [0.29, 0.717) is 0 Å². The van der Waals surface area contributed by atoms with Crippen molar-refractivity contribution in [2.24, 2.45) is 0 Å². The van der Waals surface area contributed by atoms with Gasteiger partial charge in [0.15, 0.2) is 0 Å². The predicted octanol–water partition coefficient (Wildman–Crippen LogP) is 3.49. The number of benzene rings is 1. The van der Waals surface area contributed by atoms with Gasteiger partial charge in [-0.3, -0.25) is 4.79 Å². The normalized spacial score (nSPS) is 14.7. The maximum Gasteiger partial charge on any atom is 0.313 e. The first-order chi connectivity index (χ1) is 8.74. The Bertz CT molecular complexity index is 600. The van der Waals surface area contributed by atoms with Crippen LogP contribution in [0.4, 0.5) is 0 Å². The molecule has 1 aromatic heterocycles. The molecule has 0 saturated heterocycles. The van der Waals surface area contributed by atoms with E-state index >= 15 is 0 Å². The average molecular weight is 262 g/mol. The molecule has 1 N–H and O–H groups in total. The molecular formula is C14H14O3S. The Hall–Kier alpha value is -1.42. The number of aliphatic carboxylic acids is 1. The van der Waals surface area contributed by atoms with Crippen LogP contribution in [-0.4, -0.2) is 16.8 Å². The van der Waals surface area contributed by atoms with Gasteiger partial charge in [0.1, 0.15) is 11.3 Å². The highest BCUT2D eigenvalue weighted by Crippen LogP contribution is 2.34. The smallest absolute Gasteiger partial charge is 0.313 e. The van der Waals surface area contributed by atoms with Crippen LogP contribution in [0.3, 0.4) is 0 Å². The van der Waals surface area contributed by atoms with Crippen LogP contribution >= 0.6 is 11.8 Å². The van der Waals surface area contributed by atoms with Crippen molar-refractivity contribution in [2.75, 3.05) is 5.75 Å². The minimum absolute atomic E-state index is 0.103. The van der Waals surface area contributed by atoms with Crippen molar-refractivity contribution < 1.29 is 14.3 Å². The van der Waals surface area contributed by atoms with Crippen LogP contribution in [0.25, 0.3) is 11.0 Å². The van der Waals surface area contributed by atoms with Crippen molar-refractivity contribution in [1.82, 2.24) is 0 Å². The highest BCUT2D eigenvalue weighted by molar-refractivity contribution is 8.00. The zero-order valence-electron chi connectivity index (χ0n) is 9.94. The first-order valence-corrected chi connectivity index (χ1v) is 7.11. The molecule has 0 bridgehead atoms. The van der Waals surface area contributed by atoms with Gasteiger partial charge in [0.2, 0.25) is 0 Å². The second-order valence-corrected chi connectivity index (χ2v) is 5.60. The molecule has 18 heavy (non-hydrogen) atoms. The molecule has 0 radical (unpaired) electrons. The lowest BCUT2D eigenvalue weighted by Crippen LogP contribution is -1.98. The number of thioether (sulfide) groups is 1. The summed E-state index contributed by atoms with van der Waals surface area (Å²) >= 11 is 1.36. The van der Waals surface area contributed by atoms with Gasteiger partial charge in [0.25, 0.3) is 0 Å². The highest BCUT2D eigenvalue weighted by Gasteiger charge is 2.17. The molecule has 1 heterocycles. The summed E-state index contributed by atoms with van der Waals surface area (Å²) in [4.78, 5) is 11.6. The molecule has 2 aromatic rings. The number of aryl methyl sites for hydroxylation is 2. The van der Waals surface area contributed by atoms with Crippen LogP contribution in [-0.2, 0) is 17.6 Å². The standard InChI is InChI=1S/C14H14O3S/c15-14(16)8-18-9-5-6-13-11(7-9)10-3-1-2-4-12(10)17-13/h5-7H,1-4,8H2,(H,15,16). The summed E-state index contributed by atoms with van der Waals surface area (Å²) < 4.78 is 5.85. The maximum atomic E-state index is 10.6. The molecule has 3 rings (SSSR count). The van der Waals surface area contributed by atoms with E-state index in [-0.39, 0.29) is 5.75 Å². The first kappa shape index (κ1) is 11.7. The van der Waals surface area contributed by atoms with Crippen LogP contribution in [0.2, 0.25) is 0 Å². The number of rotatable bonds is 3. The Morgan fingerprint density at radius 2 is 2.17 bits per heavy atom. The summed E-state index contributed by atoms with van der Waals surface area (Å²) in [5.41, 5.74) is 2.26. The molecule has 1 aliphatic carbocycles. The van der Waals surface area contributed by atoms with E-state index in [1.807, 2.05) is 12.1 Å². The minimum atomic E-state index is -0.783. The van der Waals surface area contributed by atoms with Crippen LogP contribution in [0, 0.1) is 0 Å². The third-order valence-corrected chi connectivity index (χ3v) is 4.27. The van der Waals surface area contributed by atoms with E-state index in [9.17, 15) is 4.79 Å². The van der Waals surface area contributed by atoms with Crippen molar-refractivity contribution in [3.05, 3.63) is 29.5 Å². The van der Waals surface area contributed by atoms with Gasteiger partial charge in [-0.05, 0) is 37.5 Å². The molecule has 0 fully saturated rings. The van der Waals surface area contributed by atoms with Crippen LogP contribution in [0.1, 0.15) is 24.2 Å². The van der Waals surface area contributed by atoms with E-state index < -0.39 is 5.97 Å². The van der Waals surface area contributed by atoms with E-state index in [4.69, 9.17) is 9.52 Å². The van der Waals surface area contributed by atoms with Crippen LogP contribution in [0.15, 0.2) is 27.5 Å². The second-order valence-electron chi connectivity index (χ2n) is 4.55. The molecule has 0 unspecified atom stereocenters. The topological polar surface area (TPSA) is 50.4 Å². The lowest BCUT2D eigenvalue weighted by atomic mass is 9.96. The Morgan fingerprint density at radius 1 is 1.33 bits per heavy atom. The van der Waals surface area contributed by atoms with Crippen LogP contribution < -0.4 is 0 Å². The van der Waals surface area contributed by atoms with E-state index in [1.54, 1.807) is 0 Å². The van der Waals surface area contributed by atoms with Gasteiger partial charge >= 0.3 is 5.97 Å². The Labute approximate surface area is 109 Å². The van der Waals surface area contributed by atoms with Crippen molar-refractivity contribution in [3.63, 3.8) is 0 Å². The summed E-state index contributed by atoms with van der Waals surface area (Å²) in [6, 6.07) is 5.96. The molecule has 3 nitrogen and oxygen atoms in total. The fourth-order valence-corrected chi connectivity index (χ4v) is 3.13. The van der Waals surface area contributed by atoms with Gasteiger partial charge in [0, 0.05) is 22.3 Å². The highest BCUT2D eigenvalue weighted by atomic mass is 32.2. The van der Waals surface area contributed by atoms with E-state index in [1.165, 1.54) is 35.6 Å². The number of hydrogen-bond donors (Lipinski definition) is 1. The SMILES string of the molecule is O=C(O)CSc1ccc2oc3c(c2c1)CCCC3.